The molecule has 0 saturated heterocycles. The average Bonchev–Trinajstić information content (AvgIpc) is 2.16. The molecule has 74 valence electrons. The smallest absolute Gasteiger partial charge is 0.136 e. The van der Waals surface area contributed by atoms with Crippen LogP contribution in [0.15, 0.2) is 24.3 Å². The van der Waals surface area contributed by atoms with Crippen LogP contribution in [-0.4, -0.2) is 12.3 Å². The Labute approximate surface area is 80.5 Å². The van der Waals surface area contributed by atoms with Crippen LogP contribution in [0.2, 0.25) is 0 Å². The standard InChI is InChI=1S/C11H19NO/c1-2-3-4-5-6-7-8-9-11(12)10-13/h3-4,7-8,10-11H,2,5-6,9,12H2,1H3/b4-3+,8-7+. The lowest BCUT2D eigenvalue weighted by molar-refractivity contribution is -0.108. The van der Waals surface area contributed by atoms with E-state index in [2.05, 4.69) is 25.2 Å². The molecule has 0 aliphatic rings. The Kier molecular flexibility index (Phi) is 8.57. The zero-order valence-electron chi connectivity index (χ0n) is 8.28. The summed E-state index contributed by atoms with van der Waals surface area (Å²) in [7, 11) is 0. The molecular formula is C11H19NO. The van der Waals surface area contributed by atoms with Gasteiger partial charge in [0.15, 0.2) is 0 Å². The largest absolute Gasteiger partial charge is 0.321 e. The highest BCUT2D eigenvalue weighted by Crippen LogP contribution is 1.96. The van der Waals surface area contributed by atoms with Crippen molar-refractivity contribution >= 4 is 6.29 Å². The number of carbonyl (C=O) groups is 1. The van der Waals surface area contributed by atoms with Gasteiger partial charge in [0.05, 0.1) is 6.04 Å². The summed E-state index contributed by atoms with van der Waals surface area (Å²) in [5, 5.41) is 0. The maximum absolute atomic E-state index is 10.1. The quantitative estimate of drug-likeness (QED) is 0.372. The van der Waals surface area contributed by atoms with Crippen LogP contribution in [0.3, 0.4) is 0 Å². The van der Waals surface area contributed by atoms with E-state index in [1.165, 1.54) is 0 Å². The van der Waals surface area contributed by atoms with Gasteiger partial charge >= 0.3 is 0 Å². The Morgan fingerprint density at radius 2 is 1.77 bits per heavy atom. The van der Waals surface area contributed by atoms with Gasteiger partial charge < -0.3 is 10.5 Å². The van der Waals surface area contributed by atoms with Crippen LogP contribution < -0.4 is 5.73 Å². The van der Waals surface area contributed by atoms with Crippen molar-refractivity contribution in [1.82, 2.24) is 0 Å². The van der Waals surface area contributed by atoms with Crippen LogP contribution in [0.4, 0.5) is 0 Å². The molecule has 0 radical (unpaired) electrons. The fraction of sp³-hybridized carbons (Fsp3) is 0.545. The van der Waals surface area contributed by atoms with Gasteiger partial charge in [-0.05, 0) is 25.7 Å². The second kappa shape index (κ2) is 9.20. The molecule has 0 aromatic carbocycles. The van der Waals surface area contributed by atoms with E-state index in [4.69, 9.17) is 5.73 Å². The van der Waals surface area contributed by atoms with Crippen LogP contribution in [0.1, 0.15) is 32.6 Å². The van der Waals surface area contributed by atoms with Gasteiger partial charge in [0.25, 0.3) is 0 Å². The van der Waals surface area contributed by atoms with Crippen molar-refractivity contribution in [2.45, 2.75) is 38.6 Å². The van der Waals surface area contributed by atoms with E-state index in [0.717, 1.165) is 25.5 Å². The summed E-state index contributed by atoms with van der Waals surface area (Å²) < 4.78 is 0. The molecule has 0 aliphatic heterocycles. The Morgan fingerprint density at radius 3 is 2.31 bits per heavy atom. The molecule has 0 saturated carbocycles. The minimum atomic E-state index is -0.331. The van der Waals surface area contributed by atoms with Crippen molar-refractivity contribution in [3.05, 3.63) is 24.3 Å². The molecule has 0 aromatic heterocycles. The van der Waals surface area contributed by atoms with Gasteiger partial charge in [-0.2, -0.15) is 0 Å². The van der Waals surface area contributed by atoms with E-state index in [-0.39, 0.29) is 6.04 Å². The van der Waals surface area contributed by atoms with Crippen molar-refractivity contribution in [3.8, 4) is 0 Å². The predicted octanol–water partition coefficient (Wildman–Crippen LogP) is 2.21. The molecule has 2 heteroatoms. The van der Waals surface area contributed by atoms with Crippen LogP contribution in [-0.2, 0) is 4.79 Å². The van der Waals surface area contributed by atoms with Crippen LogP contribution >= 0.6 is 0 Å². The van der Waals surface area contributed by atoms with Gasteiger partial charge in [0, 0.05) is 0 Å². The van der Waals surface area contributed by atoms with E-state index >= 15 is 0 Å². The second-order valence-corrected chi connectivity index (χ2v) is 2.96. The minimum absolute atomic E-state index is 0.331. The number of carbonyl (C=O) groups excluding carboxylic acids is 1. The van der Waals surface area contributed by atoms with Crippen LogP contribution in [0.5, 0.6) is 0 Å². The first-order valence-electron chi connectivity index (χ1n) is 4.82. The Balaban J connectivity index is 3.31. The zero-order valence-corrected chi connectivity index (χ0v) is 8.28. The molecule has 0 bridgehead atoms. The molecule has 0 heterocycles. The first kappa shape index (κ1) is 12.1. The van der Waals surface area contributed by atoms with Crippen molar-refractivity contribution in [1.29, 1.82) is 0 Å². The van der Waals surface area contributed by atoms with Gasteiger partial charge in [-0.25, -0.2) is 0 Å². The summed E-state index contributed by atoms with van der Waals surface area (Å²) in [6.45, 7) is 2.12. The molecule has 0 amide bonds. The molecule has 0 spiro atoms. The number of unbranched alkanes of at least 4 members (excludes halogenated alkanes) is 1. The molecule has 0 aromatic rings. The zero-order chi connectivity index (χ0) is 9.94. The fourth-order valence-corrected chi connectivity index (χ4v) is 0.904. The summed E-state index contributed by atoms with van der Waals surface area (Å²) in [5.74, 6) is 0. The minimum Gasteiger partial charge on any atom is -0.321 e. The van der Waals surface area contributed by atoms with Crippen molar-refractivity contribution in [2.75, 3.05) is 0 Å². The van der Waals surface area contributed by atoms with Gasteiger partial charge in [-0.1, -0.05) is 31.2 Å². The fourth-order valence-electron chi connectivity index (χ4n) is 0.904. The van der Waals surface area contributed by atoms with E-state index in [1.54, 1.807) is 0 Å². The monoisotopic (exact) mass is 181 g/mol. The van der Waals surface area contributed by atoms with Crippen molar-refractivity contribution < 1.29 is 4.79 Å². The summed E-state index contributed by atoms with van der Waals surface area (Å²) in [6, 6.07) is -0.331. The Hall–Kier alpha value is -0.890. The first-order chi connectivity index (χ1) is 6.31. The van der Waals surface area contributed by atoms with Gasteiger partial charge in [0.1, 0.15) is 6.29 Å². The molecule has 1 unspecified atom stereocenters. The highest BCUT2D eigenvalue weighted by atomic mass is 16.1. The highest BCUT2D eigenvalue weighted by molar-refractivity contribution is 5.57. The lowest BCUT2D eigenvalue weighted by atomic mass is 10.2. The Morgan fingerprint density at radius 1 is 1.15 bits per heavy atom. The lowest BCUT2D eigenvalue weighted by Gasteiger charge is -1.95. The van der Waals surface area contributed by atoms with E-state index < -0.39 is 0 Å². The molecule has 0 rings (SSSR count). The average molecular weight is 181 g/mol. The third kappa shape index (κ3) is 9.02. The summed E-state index contributed by atoms with van der Waals surface area (Å²) >= 11 is 0. The number of nitrogens with two attached hydrogens (primary N) is 1. The van der Waals surface area contributed by atoms with Gasteiger partial charge in [-0.3, -0.25) is 0 Å². The lowest BCUT2D eigenvalue weighted by Crippen LogP contribution is -2.19. The molecule has 2 N–H and O–H groups in total. The van der Waals surface area contributed by atoms with Crippen LogP contribution in [0.25, 0.3) is 0 Å². The normalized spacial score (nSPS) is 14.0. The number of hydrogen-bond donors (Lipinski definition) is 1. The third-order valence-corrected chi connectivity index (χ3v) is 1.65. The first-order valence-corrected chi connectivity index (χ1v) is 4.82. The predicted molar refractivity (Wildman–Crippen MR) is 56.5 cm³/mol. The van der Waals surface area contributed by atoms with Gasteiger partial charge in [-0.15, -0.1) is 0 Å². The second-order valence-electron chi connectivity index (χ2n) is 2.96. The van der Waals surface area contributed by atoms with Crippen molar-refractivity contribution in [2.24, 2.45) is 5.73 Å². The molecular weight excluding hydrogens is 162 g/mol. The highest BCUT2D eigenvalue weighted by Gasteiger charge is 1.92. The molecule has 0 aliphatic carbocycles. The summed E-state index contributed by atoms with van der Waals surface area (Å²) in [4.78, 5) is 10.1. The van der Waals surface area contributed by atoms with Crippen molar-refractivity contribution in [3.63, 3.8) is 0 Å². The topological polar surface area (TPSA) is 43.1 Å². The Bertz CT molecular complexity index is 173. The number of aldehydes is 1. The molecule has 1 atom stereocenters. The number of allylic oxidation sites excluding steroid dienone is 3. The summed E-state index contributed by atoms with van der Waals surface area (Å²) in [5.41, 5.74) is 5.40. The molecule has 13 heavy (non-hydrogen) atoms. The van der Waals surface area contributed by atoms with Crippen LogP contribution in [0, 0.1) is 0 Å². The maximum Gasteiger partial charge on any atom is 0.136 e. The summed E-state index contributed by atoms with van der Waals surface area (Å²) in [6.07, 6.45) is 13.0. The van der Waals surface area contributed by atoms with E-state index in [9.17, 15) is 4.79 Å². The SMILES string of the molecule is CC/C=C/CC/C=C/CC(N)C=O. The number of rotatable bonds is 7. The maximum atomic E-state index is 10.1. The third-order valence-electron chi connectivity index (χ3n) is 1.65. The molecule has 0 fully saturated rings. The van der Waals surface area contributed by atoms with E-state index in [1.807, 2.05) is 6.08 Å². The molecule has 2 nitrogen and oxygen atoms in total. The van der Waals surface area contributed by atoms with E-state index in [0.29, 0.717) is 6.42 Å². The van der Waals surface area contributed by atoms with Gasteiger partial charge in [0.2, 0.25) is 0 Å². The number of hydrogen-bond acceptors (Lipinski definition) is 2.